The van der Waals surface area contributed by atoms with E-state index in [4.69, 9.17) is 10.3 Å². The number of aromatic nitrogens is 2. The van der Waals surface area contributed by atoms with E-state index in [0.29, 0.717) is 17.8 Å². The number of hydrogen-bond donors (Lipinski definition) is 1. The lowest BCUT2D eigenvalue weighted by Crippen LogP contribution is -2.51. The Balaban J connectivity index is 2.20. The maximum absolute atomic E-state index is 6.33. The third-order valence-corrected chi connectivity index (χ3v) is 3.30. The van der Waals surface area contributed by atoms with Crippen molar-refractivity contribution in [3.63, 3.8) is 0 Å². The standard InChI is InChI=1S/C10H18N4O/c1-7-6-10(11,4-5-14(7)3)9-12-8(2)15-13-9/h7H,4-6,11H2,1-3H3. The highest BCUT2D eigenvalue weighted by Crippen LogP contribution is 2.30. The number of likely N-dealkylation sites (tertiary alicyclic amines) is 1. The van der Waals surface area contributed by atoms with Gasteiger partial charge in [0.25, 0.3) is 0 Å². The van der Waals surface area contributed by atoms with Gasteiger partial charge in [0, 0.05) is 19.5 Å². The Morgan fingerprint density at radius 2 is 2.33 bits per heavy atom. The molecule has 0 amide bonds. The van der Waals surface area contributed by atoms with E-state index in [9.17, 15) is 0 Å². The van der Waals surface area contributed by atoms with E-state index in [1.165, 1.54) is 0 Å². The van der Waals surface area contributed by atoms with E-state index in [-0.39, 0.29) is 0 Å². The first-order chi connectivity index (χ1) is 7.01. The van der Waals surface area contributed by atoms with Crippen molar-refractivity contribution in [2.24, 2.45) is 5.73 Å². The van der Waals surface area contributed by atoms with Crippen LogP contribution >= 0.6 is 0 Å². The van der Waals surface area contributed by atoms with Crippen LogP contribution in [0, 0.1) is 6.92 Å². The van der Waals surface area contributed by atoms with Gasteiger partial charge in [-0.15, -0.1) is 0 Å². The first-order valence-electron chi connectivity index (χ1n) is 5.31. The smallest absolute Gasteiger partial charge is 0.223 e. The fourth-order valence-corrected chi connectivity index (χ4v) is 2.09. The molecule has 0 saturated carbocycles. The lowest BCUT2D eigenvalue weighted by molar-refractivity contribution is 0.125. The fourth-order valence-electron chi connectivity index (χ4n) is 2.09. The molecule has 1 aliphatic rings. The van der Waals surface area contributed by atoms with Crippen LogP contribution < -0.4 is 5.73 Å². The van der Waals surface area contributed by atoms with Crippen molar-refractivity contribution < 1.29 is 4.52 Å². The minimum Gasteiger partial charge on any atom is -0.340 e. The van der Waals surface area contributed by atoms with Gasteiger partial charge in [-0.1, -0.05) is 5.16 Å². The Bertz CT molecular complexity index is 351. The van der Waals surface area contributed by atoms with Crippen LogP contribution in [0.4, 0.5) is 0 Å². The highest BCUT2D eigenvalue weighted by Gasteiger charge is 2.38. The molecule has 1 saturated heterocycles. The average Bonchev–Trinajstić information content (AvgIpc) is 2.60. The molecular formula is C10H18N4O. The molecular weight excluding hydrogens is 192 g/mol. The van der Waals surface area contributed by atoms with Crippen molar-refractivity contribution in [3.05, 3.63) is 11.7 Å². The molecule has 5 nitrogen and oxygen atoms in total. The maximum Gasteiger partial charge on any atom is 0.223 e. The Labute approximate surface area is 89.6 Å². The second-order valence-corrected chi connectivity index (χ2v) is 4.58. The number of aryl methyl sites for hydroxylation is 1. The third-order valence-electron chi connectivity index (χ3n) is 3.30. The summed E-state index contributed by atoms with van der Waals surface area (Å²) >= 11 is 0. The minimum absolute atomic E-state index is 0.413. The van der Waals surface area contributed by atoms with Crippen LogP contribution in [0.2, 0.25) is 0 Å². The van der Waals surface area contributed by atoms with Crippen LogP contribution in [-0.4, -0.2) is 34.7 Å². The molecule has 5 heteroatoms. The molecule has 84 valence electrons. The highest BCUT2D eigenvalue weighted by atomic mass is 16.5. The van der Waals surface area contributed by atoms with Crippen LogP contribution in [0.25, 0.3) is 0 Å². The molecule has 0 aliphatic carbocycles. The summed E-state index contributed by atoms with van der Waals surface area (Å²) in [5.41, 5.74) is 5.92. The topological polar surface area (TPSA) is 68.2 Å². The number of nitrogens with zero attached hydrogens (tertiary/aromatic N) is 3. The van der Waals surface area contributed by atoms with Gasteiger partial charge < -0.3 is 15.2 Å². The monoisotopic (exact) mass is 210 g/mol. The molecule has 0 bridgehead atoms. The zero-order chi connectivity index (χ0) is 11.1. The number of rotatable bonds is 1. The van der Waals surface area contributed by atoms with Gasteiger partial charge in [0.15, 0.2) is 5.82 Å². The summed E-state index contributed by atoms with van der Waals surface area (Å²) < 4.78 is 4.99. The van der Waals surface area contributed by atoms with Crippen molar-refractivity contribution in [1.82, 2.24) is 15.0 Å². The zero-order valence-corrected chi connectivity index (χ0v) is 9.53. The summed E-state index contributed by atoms with van der Waals surface area (Å²) in [7, 11) is 2.12. The van der Waals surface area contributed by atoms with Crippen molar-refractivity contribution in [2.75, 3.05) is 13.6 Å². The molecule has 2 heterocycles. The molecule has 15 heavy (non-hydrogen) atoms. The van der Waals surface area contributed by atoms with E-state index in [1.54, 1.807) is 6.92 Å². The first-order valence-corrected chi connectivity index (χ1v) is 5.31. The van der Waals surface area contributed by atoms with Gasteiger partial charge in [0.2, 0.25) is 5.89 Å². The summed E-state index contributed by atoms with van der Waals surface area (Å²) in [4.78, 5) is 6.55. The van der Waals surface area contributed by atoms with Gasteiger partial charge in [-0.3, -0.25) is 0 Å². The molecule has 1 aromatic heterocycles. The van der Waals surface area contributed by atoms with Gasteiger partial charge in [-0.2, -0.15) is 4.98 Å². The summed E-state index contributed by atoms with van der Waals surface area (Å²) in [5.74, 6) is 1.24. The summed E-state index contributed by atoms with van der Waals surface area (Å²) in [6.07, 6.45) is 1.76. The fraction of sp³-hybridized carbons (Fsp3) is 0.800. The lowest BCUT2D eigenvalue weighted by atomic mass is 9.84. The van der Waals surface area contributed by atoms with Crippen LogP contribution in [-0.2, 0) is 5.54 Å². The number of piperidine rings is 1. The molecule has 0 spiro atoms. The Morgan fingerprint density at radius 3 is 2.87 bits per heavy atom. The second kappa shape index (κ2) is 3.57. The van der Waals surface area contributed by atoms with E-state index < -0.39 is 5.54 Å². The molecule has 2 unspecified atom stereocenters. The van der Waals surface area contributed by atoms with Gasteiger partial charge in [0.05, 0.1) is 5.54 Å². The van der Waals surface area contributed by atoms with Crippen molar-refractivity contribution in [3.8, 4) is 0 Å². The quantitative estimate of drug-likeness (QED) is 0.737. The van der Waals surface area contributed by atoms with Crippen molar-refractivity contribution >= 4 is 0 Å². The van der Waals surface area contributed by atoms with Crippen LogP contribution in [0.1, 0.15) is 31.5 Å². The van der Waals surface area contributed by atoms with E-state index in [2.05, 4.69) is 29.0 Å². The third kappa shape index (κ3) is 1.89. The normalized spacial score (nSPS) is 33.2. The van der Waals surface area contributed by atoms with Gasteiger partial charge in [-0.05, 0) is 26.8 Å². The van der Waals surface area contributed by atoms with Gasteiger partial charge in [0.1, 0.15) is 0 Å². The number of nitrogens with two attached hydrogens (primary N) is 1. The summed E-state index contributed by atoms with van der Waals surface area (Å²) in [6.45, 7) is 4.94. The largest absolute Gasteiger partial charge is 0.340 e. The summed E-state index contributed by atoms with van der Waals surface area (Å²) in [5, 5.41) is 3.94. The number of hydrogen-bond acceptors (Lipinski definition) is 5. The zero-order valence-electron chi connectivity index (χ0n) is 9.53. The summed E-state index contributed by atoms with van der Waals surface area (Å²) in [6, 6.07) is 0.461. The second-order valence-electron chi connectivity index (χ2n) is 4.58. The molecule has 1 aliphatic heterocycles. The molecule has 1 fully saturated rings. The lowest BCUT2D eigenvalue weighted by Gasteiger charge is -2.40. The maximum atomic E-state index is 6.33. The van der Waals surface area contributed by atoms with Gasteiger partial charge >= 0.3 is 0 Å². The van der Waals surface area contributed by atoms with E-state index in [1.807, 2.05) is 0 Å². The van der Waals surface area contributed by atoms with E-state index in [0.717, 1.165) is 19.4 Å². The molecule has 2 N–H and O–H groups in total. The molecule has 2 atom stereocenters. The molecule has 0 aromatic carbocycles. The SMILES string of the molecule is Cc1nc(C2(N)CCN(C)C(C)C2)no1. The Morgan fingerprint density at radius 1 is 1.60 bits per heavy atom. The van der Waals surface area contributed by atoms with Crippen LogP contribution in [0.15, 0.2) is 4.52 Å². The molecule has 2 rings (SSSR count). The predicted octanol–water partition coefficient (Wildman–Crippen LogP) is 0.646. The highest BCUT2D eigenvalue weighted by molar-refractivity contribution is 5.07. The first kappa shape index (κ1) is 10.6. The van der Waals surface area contributed by atoms with Gasteiger partial charge in [-0.25, -0.2) is 0 Å². The Kier molecular flexibility index (Phi) is 2.52. The molecule has 1 aromatic rings. The molecule has 0 radical (unpaired) electrons. The predicted molar refractivity (Wildman–Crippen MR) is 56.2 cm³/mol. The van der Waals surface area contributed by atoms with Crippen LogP contribution in [0.3, 0.4) is 0 Å². The van der Waals surface area contributed by atoms with Crippen molar-refractivity contribution in [1.29, 1.82) is 0 Å². The Hall–Kier alpha value is -0.940. The minimum atomic E-state index is -0.413. The average molecular weight is 210 g/mol. The van der Waals surface area contributed by atoms with Crippen LogP contribution in [0.5, 0.6) is 0 Å². The van der Waals surface area contributed by atoms with E-state index >= 15 is 0 Å². The van der Waals surface area contributed by atoms with Crippen molar-refractivity contribution in [2.45, 2.75) is 38.3 Å².